The molecule has 174 valence electrons. The van der Waals surface area contributed by atoms with Gasteiger partial charge >= 0.3 is 0 Å². The summed E-state index contributed by atoms with van der Waals surface area (Å²) in [6.45, 7) is 2.55. The van der Waals surface area contributed by atoms with Crippen LogP contribution >= 0.6 is 0 Å². The highest BCUT2D eigenvalue weighted by Gasteiger charge is 2.22. The number of hydrogen-bond donors (Lipinski definition) is 2. The molecule has 2 aliphatic heterocycles. The summed E-state index contributed by atoms with van der Waals surface area (Å²) >= 11 is 0. The first-order chi connectivity index (χ1) is 16.5. The highest BCUT2D eigenvalue weighted by Crippen LogP contribution is 2.29. The van der Waals surface area contributed by atoms with Crippen LogP contribution in [-0.4, -0.2) is 47.4 Å². The molecule has 0 bridgehead atoms. The average molecular weight is 461 g/mol. The fourth-order valence-corrected chi connectivity index (χ4v) is 4.34. The maximum absolute atomic E-state index is 13.4. The summed E-state index contributed by atoms with van der Waals surface area (Å²) in [6.07, 6.45) is 3.24. The van der Waals surface area contributed by atoms with Gasteiger partial charge in [-0.3, -0.25) is 19.5 Å². The van der Waals surface area contributed by atoms with Crippen LogP contribution in [0.25, 0.3) is 11.3 Å². The highest BCUT2D eigenvalue weighted by molar-refractivity contribution is 5.95. The van der Waals surface area contributed by atoms with Gasteiger partial charge in [-0.2, -0.15) is 0 Å². The molecule has 1 saturated heterocycles. The lowest BCUT2D eigenvalue weighted by molar-refractivity contribution is -0.118. The van der Waals surface area contributed by atoms with Crippen molar-refractivity contribution in [3.8, 4) is 17.0 Å². The van der Waals surface area contributed by atoms with E-state index in [1.54, 1.807) is 24.3 Å². The molecule has 0 radical (unpaired) electrons. The van der Waals surface area contributed by atoms with E-state index in [-0.39, 0.29) is 30.3 Å². The van der Waals surface area contributed by atoms with E-state index in [1.807, 2.05) is 18.2 Å². The molecular formula is C26H25FN4O3. The Kier molecular flexibility index (Phi) is 6.22. The normalized spacial score (nSPS) is 16.3. The monoisotopic (exact) mass is 460 g/mol. The minimum atomic E-state index is -0.320. The molecule has 34 heavy (non-hydrogen) atoms. The second kappa shape index (κ2) is 9.61. The molecule has 0 aliphatic carbocycles. The van der Waals surface area contributed by atoms with Gasteiger partial charge in [0, 0.05) is 37.4 Å². The van der Waals surface area contributed by atoms with E-state index in [0.29, 0.717) is 28.3 Å². The van der Waals surface area contributed by atoms with Crippen LogP contribution in [0.3, 0.4) is 0 Å². The summed E-state index contributed by atoms with van der Waals surface area (Å²) in [5.74, 6) is 0.0882. The molecule has 0 unspecified atom stereocenters. The second-order valence-electron chi connectivity index (χ2n) is 8.63. The maximum Gasteiger partial charge on any atom is 0.262 e. The lowest BCUT2D eigenvalue weighted by atomic mass is 10.0. The highest BCUT2D eigenvalue weighted by atomic mass is 19.1. The maximum atomic E-state index is 13.4. The van der Waals surface area contributed by atoms with E-state index in [1.165, 1.54) is 18.3 Å². The number of amides is 2. The van der Waals surface area contributed by atoms with E-state index in [0.717, 1.165) is 38.0 Å². The van der Waals surface area contributed by atoms with E-state index in [2.05, 4.69) is 20.5 Å². The SMILES string of the molecule is O=C1COc2ccc(CN3CCC(NC(=O)c4ccc(-c5cccc(F)c5)nc4)CC3)cc2N1. The van der Waals surface area contributed by atoms with Gasteiger partial charge in [-0.05, 0) is 54.8 Å². The average Bonchev–Trinajstić information content (AvgIpc) is 2.85. The number of piperidine rings is 1. The number of likely N-dealkylation sites (tertiary alicyclic amines) is 1. The summed E-state index contributed by atoms with van der Waals surface area (Å²) in [5.41, 5.74) is 3.61. The van der Waals surface area contributed by atoms with Crippen LogP contribution < -0.4 is 15.4 Å². The van der Waals surface area contributed by atoms with Gasteiger partial charge in [0.1, 0.15) is 11.6 Å². The number of aromatic nitrogens is 1. The van der Waals surface area contributed by atoms with Crippen LogP contribution in [0.5, 0.6) is 5.75 Å². The van der Waals surface area contributed by atoms with Gasteiger partial charge in [0.05, 0.1) is 16.9 Å². The number of fused-ring (bicyclic) bond motifs is 1. The summed E-state index contributed by atoms with van der Waals surface area (Å²) in [7, 11) is 0. The molecule has 0 spiro atoms. The Morgan fingerprint density at radius 2 is 2.00 bits per heavy atom. The molecule has 2 aromatic carbocycles. The Morgan fingerprint density at radius 1 is 1.15 bits per heavy atom. The molecule has 0 atom stereocenters. The Balaban J connectivity index is 1.12. The van der Waals surface area contributed by atoms with Crippen LogP contribution in [0.4, 0.5) is 10.1 Å². The number of rotatable bonds is 5. The van der Waals surface area contributed by atoms with Crippen molar-refractivity contribution in [3.63, 3.8) is 0 Å². The second-order valence-corrected chi connectivity index (χ2v) is 8.63. The minimum absolute atomic E-state index is 0.0544. The van der Waals surface area contributed by atoms with Crippen LogP contribution in [0.1, 0.15) is 28.8 Å². The number of hydrogen-bond acceptors (Lipinski definition) is 5. The van der Waals surface area contributed by atoms with Gasteiger partial charge in [0.25, 0.3) is 11.8 Å². The quantitative estimate of drug-likeness (QED) is 0.608. The van der Waals surface area contributed by atoms with E-state index in [4.69, 9.17) is 4.74 Å². The first-order valence-corrected chi connectivity index (χ1v) is 11.3. The lowest BCUT2D eigenvalue weighted by Crippen LogP contribution is -2.44. The zero-order chi connectivity index (χ0) is 23.5. The molecule has 2 N–H and O–H groups in total. The summed E-state index contributed by atoms with van der Waals surface area (Å²) in [6, 6.07) is 15.7. The molecule has 1 fully saturated rings. The lowest BCUT2D eigenvalue weighted by Gasteiger charge is -2.32. The molecule has 8 heteroatoms. The van der Waals surface area contributed by atoms with Gasteiger partial charge in [-0.15, -0.1) is 0 Å². The molecule has 5 rings (SSSR count). The molecule has 0 saturated carbocycles. The summed E-state index contributed by atoms with van der Waals surface area (Å²) < 4.78 is 18.9. The third-order valence-corrected chi connectivity index (χ3v) is 6.15. The Hall–Kier alpha value is -3.78. The largest absolute Gasteiger partial charge is 0.482 e. The van der Waals surface area contributed by atoms with Crippen molar-refractivity contribution >= 4 is 17.5 Å². The van der Waals surface area contributed by atoms with Crippen molar-refractivity contribution in [1.29, 1.82) is 0 Å². The summed E-state index contributed by atoms with van der Waals surface area (Å²) in [5, 5.41) is 5.95. The minimum Gasteiger partial charge on any atom is -0.482 e. The predicted molar refractivity (Wildman–Crippen MR) is 126 cm³/mol. The summed E-state index contributed by atoms with van der Waals surface area (Å²) in [4.78, 5) is 30.9. The molecular weight excluding hydrogens is 435 g/mol. The molecule has 7 nitrogen and oxygen atoms in total. The van der Waals surface area contributed by atoms with Crippen molar-refractivity contribution in [2.24, 2.45) is 0 Å². The molecule has 2 aliphatic rings. The van der Waals surface area contributed by atoms with E-state index >= 15 is 0 Å². The number of halogens is 1. The third-order valence-electron chi connectivity index (χ3n) is 6.15. The van der Waals surface area contributed by atoms with Crippen LogP contribution in [-0.2, 0) is 11.3 Å². The molecule has 2 amide bonds. The fraction of sp³-hybridized carbons (Fsp3) is 0.269. The fourth-order valence-electron chi connectivity index (χ4n) is 4.34. The van der Waals surface area contributed by atoms with Crippen molar-refractivity contribution in [2.75, 3.05) is 25.0 Å². The Bertz CT molecular complexity index is 1210. The van der Waals surface area contributed by atoms with Gasteiger partial charge in [-0.25, -0.2) is 4.39 Å². The molecule has 3 heterocycles. The standard InChI is InChI=1S/C26H25FN4O3/c27-20-3-1-2-18(13-20)22-6-5-19(14-28-22)26(33)29-21-8-10-31(11-9-21)15-17-4-7-24-23(12-17)30-25(32)16-34-24/h1-7,12-14,21H,8-11,15-16H2,(H,29,33)(H,30,32). The Morgan fingerprint density at radius 3 is 2.76 bits per heavy atom. The topological polar surface area (TPSA) is 83.6 Å². The van der Waals surface area contributed by atoms with Crippen molar-refractivity contribution in [1.82, 2.24) is 15.2 Å². The van der Waals surface area contributed by atoms with Gasteiger partial charge in [-0.1, -0.05) is 18.2 Å². The smallest absolute Gasteiger partial charge is 0.262 e. The van der Waals surface area contributed by atoms with Crippen molar-refractivity contribution in [2.45, 2.75) is 25.4 Å². The molecule has 3 aromatic rings. The molecule has 1 aromatic heterocycles. The number of pyridine rings is 1. The van der Waals surface area contributed by atoms with Gasteiger partial charge < -0.3 is 15.4 Å². The van der Waals surface area contributed by atoms with Crippen LogP contribution in [0.2, 0.25) is 0 Å². The predicted octanol–water partition coefficient (Wildman–Crippen LogP) is 3.61. The van der Waals surface area contributed by atoms with Gasteiger partial charge in [0.15, 0.2) is 6.61 Å². The van der Waals surface area contributed by atoms with Crippen molar-refractivity contribution in [3.05, 3.63) is 77.7 Å². The zero-order valence-electron chi connectivity index (χ0n) is 18.6. The van der Waals surface area contributed by atoms with E-state index < -0.39 is 0 Å². The number of anilines is 1. The van der Waals surface area contributed by atoms with Crippen LogP contribution in [0.15, 0.2) is 60.8 Å². The van der Waals surface area contributed by atoms with Gasteiger partial charge in [0.2, 0.25) is 0 Å². The number of carbonyl (C=O) groups is 2. The Labute approximate surface area is 196 Å². The number of benzene rings is 2. The number of nitrogens with one attached hydrogen (secondary N) is 2. The number of carbonyl (C=O) groups excluding carboxylic acids is 2. The van der Waals surface area contributed by atoms with Crippen molar-refractivity contribution < 1.29 is 18.7 Å². The first-order valence-electron chi connectivity index (χ1n) is 11.3. The zero-order valence-corrected chi connectivity index (χ0v) is 18.6. The number of ether oxygens (including phenoxy) is 1. The first kappa shape index (κ1) is 22.0. The van der Waals surface area contributed by atoms with Crippen LogP contribution in [0, 0.1) is 5.82 Å². The van der Waals surface area contributed by atoms with E-state index in [9.17, 15) is 14.0 Å². The number of nitrogens with zero attached hydrogens (tertiary/aromatic N) is 2. The third kappa shape index (κ3) is 5.07.